The molecule has 1 aromatic heterocycles. The maximum absolute atomic E-state index is 11.7. The first-order valence-electron chi connectivity index (χ1n) is 6.38. The van der Waals surface area contributed by atoms with Crippen molar-refractivity contribution in [3.8, 4) is 0 Å². The van der Waals surface area contributed by atoms with Gasteiger partial charge in [0.15, 0.2) is 5.78 Å². The maximum atomic E-state index is 11.7. The molecule has 2 heterocycles. The van der Waals surface area contributed by atoms with Crippen LogP contribution in [0.3, 0.4) is 0 Å². The van der Waals surface area contributed by atoms with Crippen molar-refractivity contribution in [2.45, 2.75) is 24.8 Å². The second-order valence-electron chi connectivity index (χ2n) is 5.04. The van der Waals surface area contributed by atoms with Gasteiger partial charge in [-0.25, -0.2) is 0 Å². The standard InChI is InChI=1S/C13H21N3OS2/c1-8-7-15(3)5-6-16(8)13-12(18-4)10(14)11(19-13)9(2)17/h8H,5-7,14H2,1-4H3. The number of carbonyl (C=O) groups is 1. The SMILES string of the molecule is CSc1c(N2CCN(C)CC2C)sc(C(C)=O)c1N. The lowest BCUT2D eigenvalue weighted by atomic mass is 10.2. The third-order valence-electron chi connectivity index (χ3n) is 3.50. The van der Waals surface area contributed by atoms with E-state index >= 15 is 0 Å². The number of anilines is 2. The molecule has 1 fully saturated rings. The Morgan fingerprint density at radius 3 is 2.68 bits per heavy atom. The van der Waals surface area contributed by atoms with Crippen LogP contribution in [-0.2, 0) is 0 Å². The minimum absolute atomic E-state index is 0.0610. The summed E-state index contributed by atoms with van der Waals surface area (Å²) >= 11 is 3.18. The molecule has 6 heteroatoms. The summed E-state index contributed by atoms with van der Waals surface area (Å²) in [6.07, 6.45) is 2.02. The minimum atomic E-state index is 0.0610. The number of piperazine rings is 1. The van der Waals surface area contributed by atoms with Gasteiger partial charge < -0.3 is 15.5 Å². The number of thioether (sulfide) groups is 1. The molecule has 1 unspecified atom stereocenters. The summed E-state index contributed by atoms with van der Waals surface area (Å²) in [7, 11) is 2.15. The van der Waals surface area contributed by atoms with Gasteiger partial charge in [0, 0.05) is 32.6 Å². The molecule has 0 aromatic carbocycles. The third kappa shape index (κ3) is 2.75. The van der Waals surface area contributed by atoms with E-state index in [-0.39, 0.29) is 5.78 Å². The molecule has 19 heavy (non-hydrogen) atoms. The van der Waals surface area contributed by atoms with Crippen LogP contribution in [0.15, 0.2) is 4.90 Å². The van der Waals surface area contributed by atoms with E-state index in [9.17, 15) is 4.79 Å². The van der Waals surface area contributed by atoms with Crippen LogP contribution in [0, 0.1) is 0 Å². The number of nitrogen functional groups attached to an aromatic ring is 1. The average Bonchev–Trinajstić information content (AvgIpc) is 2.66. The summed E-state index contributed by atoms with van der Waals surface area (Å²) in [6.45, 7) is 6.89. The molecule has 0 aliphatic carbocycles. The van der Waals surface area contributed by atoms with Crippen molar-refractivity contribution < 1.29 is 4.79 Å². The van der Waals surface area contributed by atoms with Crippen molar-refractivity contribution in [1.82, 2.24) is 4.90 Å². The summed E-state index contributed by atoms with van der Waals surface area (Å²) < 4.78 is 0. The average molecular weight is 299 g/mol. The van der Waals surface area contributed by atoms with Gasteiger partial charge >= 0.3 is 0 Å². The van der Waals surface area contributed by atoms with Gasteiger partial charge in [-0.1, -0.05) is 0 Å². The normalized spacial score (nSPS) is 20.8. The lowest BCUT2D eigenvalue weighted by Crippen LogP contribution is -2.50. The monoisotopic (exact) mass is 299 g/mol. The largest absolute Gasteiger partial charge is 0.396 e. The molecule has 1 saturated heterocycles. The first-order chi connectivity index (χ1) is 8.95. The molecule has 2 rings (SSSR count). The molecular formula is C13H21N3OS2. The molecule has 0 radical (unpaired) electrons. The summed E-state index contributed by atoms with van der Waals surface area (Å²) in [5, 5.41) is 1.16. The van der Waals surface area contributed by atoms with Gasteiger partial charge in [0.2, 0.25) is 0 Å². The smallest absolute Gasteiger partial charge is 0.171 e. The number of Topliss-reactive ketones (excluding diaryl/α,β-unsaturated/α-hetero) is 1. The number of rotatable bonds is 3. The predicted molar refractivity (Wildman–Crippen MR) is 84.8 cm³/mol. The van der Waals surface area contributed by atoms with E-state index < -0.39 is 0 Å². The Kier molecular flexibility index (Phi) is 4.43. The van der Waals surface area contributed by atoms with Crippen molar-refractivity contribution in [3.05, 3.63) is 4.88 Å². The van der Waals surface area contributed by atoms with Crippen molar-refractivity contribution >= 4 is 39.6 Å². The molecule has 1 aromatic rings. The lowest BCUT2D eigenvalue weighted by Gasteiger charge is -2.39. The summed E-state index contributed by atoms with van der Waals surface area (Å²) in [5.74, 6) is 0.0610. The van der Waals surface area contributed by atoms with E-state index in [0.29, 0.717) is 16.6 Å². The van der Waals surface area contributed by atoms with Crippen LogP contribution in [0.4, 0.5) is 10.7 Å². The first kappa shape index (κ1) is 14.7. The number of likely N-dealkylation sites (N-methyl/N-ethyl adjacent to an activating group) is 1. The Hall–Kier alpha value is -0.720. The number of hydrogen-bond donors (Lipinski definition) is 1. The fraction of sp³-hybridized carbons (Fsp3) is 0.615. The minimum Gasteiger partial charge on any atom is -0.396 e. The van der Waals surface area contributed by atoms with E-state index in [1.54, 1.807) is 30.0 Å². The topological polar surface area (TPSA) is 49.6 Å². The second kappa shape index (κ2) is 5.73. The Bertz CT molecular complexity index is 486. The zero-order chi connectivity index (χ0) is 14.2. The lowest BCUT2D eigenvalue weighted by molar-refractivity contribution is 0.102. The van der Waals surface area contributed by atoms with E-state index in [1.807, 2.05) is 6.26 Å². The highest BCUT2D eigenvalue weighted by atomic mass is 32.2. The van der Waals surface area contributed by atoms with Crippen LogP contribution < -0.4 is 10.6 Å². The van der Waals surface area contributed by atoms with Crippen LogP contribution >= 0.6 is 23.1 Å². The molecule has 0 amide bonds. The molecule has 106 valence electrons. The third-order valence-corrected chi connectivity index (χ3v) is 5.79. The predicted octanol–water partition coefficient (Wildman–Crippen LogP) is 2.40. The number of ketones is 1. The van der Waals surface area contributed by atoms with Crippen molar-refractivity contribution in [1.29, 1.82) is 0 Å². The number of thiophene rings is 1. The summed E-state index contributed by atoms with van der Waals surface area (Å²) in [4.78, 5) is 18.1. The van der Waals surface area contributed by atoms with E-state index in [4.69, 9.17) is 5.73 Å². The Labute approximate surface area is 122 Å². The summed E-state index contributed by atoms with van der Waals surface area (Å²) in [5.41, 5.74) is 6.79. The zero-order valence-electron chi connectivity index (χ0n) is 11.9. The van der Waals surface area contributed by atoms with Gasteiger partial charge in [0.05, 0.1) is 15.5 Å². The van der Waals surface area contributed by atoms with Crippen LogP contribution in [0.2, 0.25) is 0 Å². The molecule has 1 atom stereocenters. The van der Waals surface area contributed by atoms with Gasteiger partial charge in [0.1, 0.15) is 5.00 Å². The van der Waals surface area contributed by atoms with Crippen LogP contribution in [-0.4, -0.2) is 49.7 Å². The molecule has 1 aliphatic heterocycles. The van der Waals surface area contributed by atoms with E-state index in [2.05, 4.69) is 23.8 Å². The molecule has 0 spiro atoms. The van der Waals surface area contributed by atoms with Crippen molar-refractivity contribution in [3.63, 3.8) is 0 Å². The van der Waals surface area contributed by atoms with Gasteiger partial charge in [-0.3, -0.25) is 4.79 Å². The van der Waals surface area contributed by atoms with Gasteiger partial charge in [-0.2, -0.15) is 0 Å². The van der Waals surface area contributed by atoms with Crippen LogP contribution in [0.5, 0.6) is 0 Å². The van der Waals surface area contributed by atoms with E-state index in [0.717, 1.165) is 29.5 Å². The molecule has 1 aliphatic rings. The van der Waals surface area contributed by atoms with Crippen molar-refractivity contribution in [2.75, 3.05) is 43.6 Å². The van der Waals surface area contributed by atoms with Crippen LogP contribution in [0.1, 0.15) is 23.5 Å². The number of nitrogens with two attached hydrogens (primary N) is 1. The quantitative estimate of drug-likeness (QED) is 0.686. The molecule has 2 N–H and O–H groups in total. The summed E-state index contributed by atoms with van der Waals surface area (Å²) in [6, 6.07) is 0.447. The second-order valence-corrected chi connectivity index (χ2v) is 6.86. The fourth-order valence-electron chi connectivity index (χ4n) is 2.51. The number of nitrogens with zero attached hydrogens (tertiary/aromatic N) is 2. The maximum Gasteiger partial charge on any atom is 0.171 e. The Morgan fingerprint density at radius 1 is 1.47 bits per heavy atom. The Morgan fingerprint density at radius 2 is 2.16 bits per heavy atom. The van der Waals surface area contributed by atoms with Gasteiger partial charge in [0.25, 0.3) is 0 Å². The van der Waals surface area contributed by atoms with Gasteiger partial charge in [-0.05, 0) is 20.2 Å². The van der Waals surface area contributed by atoms with Crippen molar-refractivity contribution in [2.24, 2.45) is 0 Å². The molecule has 0 bridgehead atoms. The highest BCUT2D eigenvalue weighted by Crippen LogP contribution is 2.44. The highest BCUT2D eigenvalue weighted by molar-refractivity contribution is 7.99. The number of hydrogen-bond acceptors (Lipinski definition) is 6. The first-order valence-corrected chi connectivity index (χ1v) is 8.42. The van der Waals surface area contributed by atoms with Gasteiger partial charge in [-0.15, -0.1) is 23.1 Å². The fourth-order valence-corrected chi connectivity index (χ4v) is 4.70. The molecule has 0 saturated carbocycles. The van der Waals surface area contributed by atoms with E-state index in [1.165, 1.54) is 0 Å². The van der Waals surface area contributed by atoms with Crippen LogP contribution in [0.25, 0.3) is 0 Å². The molecular weight excluding hydrogens is 278 g/mol. The Balaban J connectivity index is 2.39. The molecule has 4 nitrogen and oxygen atoms in total. The zero-order valence-corrected chi connectivity index (χ0v) is 13.5. The highest BCUT2D eigenvalue weighted by Gasteiger charge is 2.28. The number of carbonyl (C=O) groups excluding carboxylic acids is 1.